The van der Waals surface area contributed by atoms with Crippen molar-refractivity contribution in [2.45, 2.75) is 26.3 Å². The summed E-state index contributed by atoms with van der Waals surface area (Å²) in [6.07, 6.45) is 0.627. The molecular formula is C16H20N2O5. The van der Waals surface area contributed by atoms with Crippen molar-refractivity contribution in [2.24, 2.45) is 5.92 Å². The summed E-state index contributed by atoms with van der Waals surface area (Å²) in [4.78, 5) is 23.1. The molecule has 1 aromatic rings. The number of rotatable bonds is 8. The number of ether oxygens (including phenoxy) is 2. The standard InChI is InChI=1S/C16H20N2O5/c1-4-10(2)15(16(20)21)18-14(19)9-23-12-6-5-11(8-17)7-13(12)22-3/h5-7,10,15H,4,9H2,1-3H3,(H,18,19)(H,20,21)/t10-,15-/m0/s1. The van der Waals surface area contributed by atoms with Crippen LogP contribution in [-0.4, -0.2) is 36.7 Å². The summed E-state index contributed by atoms with van der Waals surface area (Å²) in [6, 6.07) is 5.56. The fraction of sp³-hybridized carbons (Fsp3) is 0.438. The van der Waals surface area contributed by atoms with Gasteiger partial charge in [0.2, 0.25) is 0 Å². The molecule has 124 valence electrons. The van der Waals surface area contributed by atoms with Crippen LogP contribution >= 0.6 is 0 Å². The van der Waals surface area contributed by atoms with Gasteiger partial charge in [0, 0.05) is 6.07 Å². The van der Waals surface area contributed by atoms with Crippen LogP contribution in [0.5, 0.6) is 11.5 Å². The summed E-state index contributed by atoms with van der Waals surface area (Å²) in [5.74, 6) is -1.18. The van der Waals surface area contributed by atoms with Crippen molar-refractivity contribution >= 4 is 11.9 Å². The Morgan fingerprint density at radius 1 is 1.39 bits per heavy atom. The summed E-state index contributed by atoms with van der Waals surface area (Å²) in [5.41, 5.74) is 0.404. The van der Waals surface area contributed by atoms with Crippen LogP contribution in [0.3, 0.4) is 0 Å². The van der Waals surface area contributed by atoms with Gasteiger partial charge in [-0.15, -0.1) is 0 Å². The molecule has 0 bridgehead atoms. The van der Waals surface area contributed by atoms with Crippen LogP contribution in [0.15, 0.2) is 18.2 Å². The second kappa shape index (κ2) is 8.63. The van der Waals surface area contributed by atoms with Gasteiger partial charge in [0.1, 0.15) is 6.04 Å². The predicted octanol–water partition coefficient (Wildman–Crippen LogP) is 1.56. The molecule has 0 heterocycles. The molecule has 0 aliphatic rings. The van der Waals surface area contributed by atoms with Gasteiger partial charge in [-0.25, -0.2) is 4.79 Å². The van der Waals surface area contributed by atoms with E-state index in [-0.39, 0.29) is 12.5 Å². The molecule has 1 aromatic carbocycles. The average Bonchev–Trinajstić information content (AvgIpc) is 2.56. The molecular weight excluding hydrogens is 300 g/mol. The van der Waals surface area contributed by atoms with E-state index in [0.717, 1.165) is 0 Å². The lowest BCUT2D eigenvalue weighted by Gasteiger charge is -2.20. The molecule has 0 saturated carbocycles. The van der Waals surface area contributed by atoms with Crippen LogP contribution in [-0.2, 0) is 9.59 Å². The Kier molecular flexibility index (Phi) is 6.87. The first kappa shape index (κ1) is 18.3. The van der Waals surface area contributed by atoms with Crippen LogP contribution in [0.2, 0.25) is 0 Å². The van der Waals surface area contributed by atoms with Crippen molar-refractivity contribution in [1.82, 2.24) is 5.32 Å². The summed E-state index contributed by atoms with van der Waals surface area (Å²) in [6.45, 7) is 3.26. The Morgan fingerprint density at radius 3 is 2.61 bits per heavy atom. The zero-order chi connectivity index (χ0) is 17.4. The number of methoxy groups -OCH3 is 1. The van der Waals surface area contributed by atoms with Crippen molar-refractivity contribution in [3.63, 3.8) is 0 Å². The Balaban J connectivity index is 2.69. The topological polar surface area (TPSA) is 109 Å². The zero-order valence-corrected chi connectivity index (χ0v) is 13.3. The highest BCUT2D eigenvalue weighted by Gasteiger charge is 2.25. The quantitative estimate of drug-likeness (QED) is 0.752. The molecule has 1 amide bonds. The number of amides is 1. The van der Waals surface area contributed by atoms with E-state index in [1.54, 1.807) is 6.92 Å². The summed E-state index contributed by atoms with van der Waals surface area (Å²) < 4.78 is 10.4. The smallest absolute Gasteiger partial charge is 0.326 e. The van der Waals surface area contributed by atoms with Crippen molar-refractivity contribution in [2.75, 3.05) is 13.7 Å². The van der Waals surface area contributed by atoms with Crippen LogP contribution < -0.4 is 14.8 Å². The van der Waals surface area contributed by atoms with Gasteiger partial charge in [-0.1, -0.05) is 20.3 Å². The van der Waals surface area contributed by atoms with E-state index in [9.17, 15) is 9.59 Å². The van der Waals surface area contributed by atoms with Gasteiger partial charge in [-0.3, -0.25) is 4.79 Å². The fourth-order valence-electron chi connectivity index (χ4n) is 1.90. The maximum atomic E-state index is 11.9. The first-order valence-corrected chi connectivity index (χ1v) is 7.16. The van der Waals surface area contributed by atoms with Gasteiger partial charge in [0.15, 0.2) is 18.1 Å². The fourth-order valence-corrected chi connectivity index (χ4v) is 1.90. The van der Waals surface area contributed by atoms with E-state index >= 15 is 0 Å². The van der Waals surface area contributed by atoms with E-state index in [1.165, 1.54) is 25.3 Å². The molecule has 7 heteroatoms. The number of nitrogens with zero attached hydrogens (tertiary/aromatic N) is 1. The monoisotopic (exact) mass is 320 g/mol. The number of hydrogen-bond acceptors (Lipinski definition) is 5. The average molecular weight is 320 g/mol. The van der Waals surface area contributed by atoms with E-state index in [4.69, 9.17) is 19.8 Å². The molecule has 0 radical (unpaired) electrons. The molecule has 0 aliphatic carbocycles. The third-order valence-corrected chi connectivity index (χ3v) is 3.45. The Hall–Kier alpha value is -2.75. The van der Waals surface area contributed by atoms with E-state index in [0.29, 0.717) is 23.5 Å². The van der Waals surface area contributed by atoms with Gasteiger partial charge >= 0.3 is 5.97 Å². The van der Waals surface area contributed by atoms with E-state index < -0.39 is 17.9 Å². The number of aliphatic carboxylic acids is 1. The molecule has 0 aromatic heterocycles. The third kappa shape index (κ3) is 5.18. The Morgan fingerprint density at radius 2 is 2.09 bits per heavy atom. The third-order valence-electron chi connectivity index (χ3n) is 3.45. The first-order valence-electron chi connectivity index (χ1n) is 7.16. The molecule has 0 aliphatic heterocycles. The van der Waals surface area contributed by atoms with E-state index in [1.807, 2.05) is 13.0 Å². The first-order chi connectivity index (χ1) is 10.9. The number of carbonyl (C=O) groups is 2. The highest BCUT2D eigenvalue weighted by molar-refractivity contribution is 5.84. The molecule has 2 N–H and O–H groups in total. The van der Waals surface area contributed by atoms with Crippen molar-refractivity contribution in [3.8, 4) is 17.6 Å². The number of hydrogen-bond donors (Lipinski definition) is 2. The molecule has 23 heavy (non-hydrogen) atoms. The summed E-state index contributed by atoms with van der Waals surface area (Å²) in [5, 5.41) is 20.4. The van der Waals surface area contributed by atoms with Crippen molar-refractivity contribution in [3.05, 3.63) is 23.8 Å². The number of carbonyl (C=O) groups excluding carboxylic acids is 1. The zero-order valence-electron chi connectivity index (χ0n) is 13.3. The number of nitriles is 1. The molecule has 2 atom stereocenters. The highest BCUT2D eigenvalue weighted by atomic mass is 16.5. The lowest BCUT2D eigenvalue weighted by molar-refractivity contribution is -0.143. The largest absolute Gasteiger partial charge is 0.493 e. The molecule has 0 saturated heterocycles. The normalized spacial score (nSPS) is 12.6. The number of nitrogens with one attached hydrogen (secondary N) is 1. The number of carboxylic acids is 1. The maximum Gasteiger partial charge on any atom is 0.326 e. The molecule has 0 spiro atoms. The van der Waals surface area contributed by atoms with Gasteiger partial charge in [-0.05, 0) is 18.1 Å². The lowest BCUT2D eigenvalue weighted by Crippen LogP contribution is -2.46. The van der Waals surface area contributed by atoms with Crippen LogP contribution in [0.4, 0.5) is 0 Å². The lowest BCUT2D eigenvalue weighted by atomic mass is 9.99. The van der Waals surface area contributed by atoms with Crippen LogP contribution in [0, 0.1) is 17.2 Å². The molecule has 0 fully saturated rings. The van der Waals surface area contributed by atoms with Crippen molar-refractivity contribution < 1.29 is 24.2 Å². The van der Waals surface area contributed by atoms with Gasteiger partial charge < -0.3 is 19.9 Å². The number of carboxylic acid groups (broad SMARTS) is 1. The second-order valence-corrected chi connectivity index (χ2v) is 5.04. The number of benzene rings is 1. The summed E-state index contributed by atoms with van der Waals surface area (Å²) >= 11 is 0. The highest BCUT2D eigenvalue weighted by Crippen LogP contribution is 2.27. The van der Waals surface area contributed by atoms with Crippen LogP contribution in [0.25, 0.3) is 0 Å². The van der Waals surface area contributed by atoms with Gasteiger partial charge in [0.05, 0.1) is 18.7 Å². The molecule has 7 nitrogen and oxygen atoms in total. The SMILES string of the molecule is CC[C@H](C)[C@H](NC(=O)COc1ccc(C#N)cc1OC)C(=O)O. The van der Waals surface area contributed by atoms with Gasteiger partial charge in [0.25, 0.3) is 5.91 Å². The van der Waals surface area contributed by atoms with Crippen LogP contribution in [0.1, 0.15) is 25.8 Å². The Bertz CT molecular complexity index is 609. The van der Waals surface area contributed by atoms with Gasteiger partial charge in [-0.2, -0.15) is 5.26 Å². The minimum atomic E-state index is -1.08. The molecule has 1 rings (SSSR count). The maximum absolute atomic E-state index is 11.9. The Labute approximate surface area is 134 Å². The van der Waals surface area contributed by atoms with E-state index in [2.05, 4.69) is 5.32 Å². The minimum absolute atomic E-state index is 0.194. The molecule has 0 unspecified atom stereocenters. The minimum Gasteiger partial charge on any atom is -0.493 e. The predicted molar refractivity (Wildman–Crippen MR) is 82.2 cm³/mol. The summed E-state index contributed by atoms with van der Waals surface area (Å²) in [7, 11) is 1.42. The van der Waals surface area contributed by atoms with Crippen molar-refractivity contribution in [1.29, 1.82) is 5.26 Å². The second-order valence-electron chi connectivity index (χ2n) is 5.04.